The molecule has 16 heavy (non-hydrogen) atoms. The van der Waals surface area contributed by atoms with E-state index in [0.717, 1.165) is 0 Å². The zero-order chi connectivity index (χ0) is 11.5. The molecule has 0 aliphatic rings. The van der Waals surface area contributed by atoms with Crippen molar-refractivity contribution in [3.63, 3.8) is 0 Å². The summed E-state index contributed by atoms with van der Waals surface area (Å²) in [4.78, 5) is 19.4. The van der Waals surface area contributed by atoms with E-state index in [1.807, 2.05) is 0 Å². The van der Waals surface area contributed by atoms with Crippen molar-refractivity contribution in [2.24, 2.45) is 0 Å². The van der Waals surface area contributed by atoms with Gasteiger partial charge in [-0.2, -0.15) is 0 Å². The molecular formula is C10H8ClN3O2. The van der Waals surface area contributed by atoms with Gasteiger partial charge < -0.3 is 9.73 Å². The van der Waals surface area contributed by atoms with Crippen LogP contribution in [-0.4, -0.2) is 15.9 Å². The molecule has 0 aliphatic carbocycles. The minimum Gasteiger partial charge on any atom is -0.438 e. The van der Waals surface area contributed by atoms with Crippen molar-refractivity contribution < 1.29 is 9.21 Å². The van der Waals surface area contributed by atoms with Crippen LogP contribution >= 0.6 is 11.6 Å². The molecular weight excluding hydrogens is 230 g/mol. The van der Waals surface area contributed by atoms with Crippen LogP contribution in [0.3, 0.4) is 0 Å². The smallest absolute Gasteiger partial charge is 0.294 e. The molecule has 1 amide bonds. The van der Waals surface area contributed by atoms with Crippen molar-refractivity contribution in [1.82, 2.24) is 9.97 Å². The molecule has 2 heterocycles. The van der Waals surface area contributed by atoms with E-state index >= 15 is 0 Å². The summed E-state index contributed by atoms with van der Waals surface area (Å²) in [6.45, 7) is 1.68. The summed E-state index contributed by atoms with van der Waals surface area (Å²) in [6, 6.07) is 4.95. The largest absolute Gasteiger partial charge is 0.438 e. The second-order valence-corrected chi connectivity index (χ2v) is 3.45. The molecule has 5 nitrogen and oxygen atoms in total. The Morgan fingerprint density at radius 1 is 1.50 bits per heavy atom. The maximum absolute atomic E-state index is 11.7. The monoisotopic (exact) mass is 237 g/mol. The fourth-order valence-corrected chi connectivity index (χ4v) is 1.33. The zero-order valence-electron chi connectivity index (χ0n) is 8.40. The molecule has 0 aliphatic heterocycles. The average Bonchev–Trinajstić information content (AvgIpc) is 2.64. The number of nitrogens with one attached hydrogen (secondary N) is 1. The average molecular weight is 238 g/mol. The molecule has 0 radical (unpaired) electrons. The van der Waals surface area contributed by atoms with Crippen molar-refractivity contribution in [1.29, 1.82) is 0 Å². The predicted molar refractivity (Wildman–Crippen MR) is 58.4 cm³/mol. The minimum absolute atomic E-state index is 0.168. The molecule has 82 valence electrons. The van der Waals surface area contributed by atoms with Gasteiger partial charge in [-0.15, -0.1) is 0 Å². The first-order chi connectivity index (χ1) is 7.66. The number of nitrogens with zero attached hydrogens (tertiary/aromatic N) is 2. The third-order valence-electron chi connectivity index (χ3n) is 1.91. The lowest BCUT2D eigenvalue weighted by Gasteiger charge is -2.02. The Labute approximate surface area is 96.5 Å². The third-order valence-corrected chi connectivity index (χ3v) is 2.12. The van der Waals surface area contributed by atoms with E-state index in [1.165, 1.54) is 6.39 Å². The zero-order valence-corrected chi connectivity index (χ0v) is 9.15. The number of carbonyl (C=O) groups excluding carboxylic acids is 1. The predicted octanol–water partition coefficient (Wildman–Crippen LogP) is 2.28. The normalized spacial score (nSPS) is 10.1. The van der Waals surface area contributed by atoms with Gasteiger partial charge in [0.15, 0.2) is 6.39 Å². The summed E-state index contributed by atoms with van der Waals surface area (Å²) in [5.41, 5.74) is 0.527. The van der Waals surface area contributed by atoms with Crippen LogP contribution in [0.2, 0.25) is 5.15 Å². The number of rotatable bonds is 2. The summed E-state index contributed by atoms with van der Waals surface area (Å²) in [5, 5.41) is 2.87. The molecule has 1 N–H and O–H groups in total. The number of amides is 1. The highest BCUT2D eigenvalue weighted by Gasteiger charge is 2.14. The van der Waals surface area contributed by atoms with Crippen LogP contribution in [0.1, 0.15) is 16.2 Å². The van der Waals surface area contributed by atoms with Gasteiger partial charge in [0.2, 0.25) is 5.76 Å². The van der Waals surface area contributed by atoms with Crippen LogP contribution in [0, 0.1) is 6.92 Å². The highest BCUT2D eigenvalue weighted by Crippen LogP contribution is 2.12. The van der Waals surface area contributed by atoms with Crippen molar-refractivity contribution in [3.8, 4) is 0 Å². The molecule has 2 aromatic rings. The third kappa shape index (κ3) is 2.20. The number of carbonyl (C=O) groups is 1. The summed E-state index contributed by atoms with van der Waals surface area (Å²) in [5.74, 6) is 0.139. The second-order valence-electron chi connectivity index (χ2n) is 3.07. The molecule has 0 atom stereocenters. The van der Waals surface area contributed by atoms with Crippen molar-refractivity contribution in [2.45, 2.75) is 6.92 Å². The van der Waals surface area contributed by atoms with Gasteiger partial charge in [-0.3, -0.25) is 4.79 Å². The van der Waals surface area contributed by atoms with Crippen molar-refractivity contribution in [2.75, 3.05) is 5.32 Å². The lowest BCUT2D eigenvalue weighted by Crippen LogP contribution is -2.13. The van der Waals surface area contributed by atoms with Gasteiger partial charge in [0, 0.05) is 0 Å². The van der Waals surface area contributed by atoms with E-state index in [1.54, 1.807) is 25.1 Å². The Bertz CT molecular complexity index is 524. The Morgan fingerprint density at radius 3 is 2.94 bits per heavy atom. The Hall–Kier alpha value is -1.88. The quantitative estimate of drug-likeness (QED) is 0.814. The second kappa shape index (κ2) is 4.32. The van der Waals surface area contributed by atoms with E-state index in [0.29, 0.717) is 16.7 Å². The fraction of sp³-hybridized carbons (Fsp3) is 0.100. The summed E-state index contributed by atoms with van der Waals surface area (Å²) >= 11 is 5.69. The number of aromatic nitrogens is 2. The Balaban J connectivity index is 2.17. The number of aryl methyl sites for hydroxylation is 1. The highest BCUT2D eigenvalue weighted by molar-refractivity contribution is 6.29. The number of hydrogen-bond acceptors (Lipinski definition) is 4. The molecule has 0 saturated heterocycles. The minimum atomic E-state index is -0.398. The molecule has 2 rings (SSSR count). The Morgan fingerprint density at radius 2 is 2.31 bits per heavy atom. The number of anilines is 1. The summed E-state index contributed by atoms with van der Waals surface area (Å²) < 4.78 is 4.94. The van der Waals surface area contributed by atoms with Crippen LogP contribution in [-0.2, 0) is 0 Å². The molecule has 2 aromatic heterocycles. The van der Waals surface area contributed by atoms with Crippen LogP contribution < -0.4 is 5.32 Å². The van der Waals surface area contributed by atoms with Gasteiger partial charge in [-0.05, 0) is 19.1 Å². The number of pyridine rings is 1. The van der Waals surface area contributed by atoms with Gasteiger partial charge in [0.1, 0.15) is 11.0 Å². The molecule has 0 fully saturated rings. The molecule has 0 aromatic carbocycles. The maximum Gasteiger partial charge on any atom is 0.294 e. The first kappa shape index (κ1) is 10.6. The molecule has 0 bridgehead atoms. The topological polar surface area (TPSA) is 68.0 Å². The van der Waals surface area contributed by atoms with Crippen LogP contribution in [0.4, 0.5) is 5.82 Å². The fourth-order valence-electron chi connectivity index (χ4n) is 1.17. The maximum atomic E-state index is 11.7. The number of hydrogen-bond donors (Lipinski definition) is 1. The van der Waals surface area contributed by atoms with Crippen LogP contribution in [0.25, 0.3) is 0 Å². The van der Waals surface area contributed by atoms with Gasteiger partial charge in [-0.25, -0.2) is 9.97 Å². The number of halogens is 1. The molecule has 0 unspecified atom stereocenters. The van der Waals surface area contributed by atoms with Gasteiger partial charge in [0.25, 0.3) is 5.91 Å². The Kier molecular flexibility index (Phi) is 2.87. The van der Waals surface area contributed by atoms with Gasteiger partial charge >= 0.3 is 0 Å². The van der Waals surface area contributed by atoms with Crippen molar-refractivity contribution in [3.05, 3.63) is 41.2 Å². The van der Waals surface area contributed by atoms with E-state index in [4.69, 9.17) is 16.0 Å². The van der Waals surface area contributed by atoms with E-state index in [9.17, 15) is 4.79 Å². The first-order valence-corrected chi connectivity index (χ1v) is 4.88. The first-order valence-electron chi connectivity index (χ1n) is 4.51. The van der Waals surface area contributed by atoms with Crippen LogP contribution in [0.15, 0.2) is 29.0 Å². The molecule has 0 saturated carbocycles. The molecule has 0 spiro atoms. The molecule has 6 heteroatoms. The lowest BCUT2D eigenvalue weighted by atomic mass is 10.3. The lowest BCUT2D eigenvalue weighted by molar-refractivity contribution is 0.0995. The standard InChI is InChI=1S/C10H8ClN3O2/c1-6-9(16-5-12-6)10(15)14-8-4-2-3-7(11)13-8/h2-5H,1H3,(H,13,14,15). The van der Waals surface area contributed by atoms with E-state index < -0.39 is 5.91 Å². The van der Waals surface area contributed by atoms with Gasteiger partial charge in [-0.1, -0.05) is 17.7 Å². The van der Waals surface area contributed by atoms with Crippen molar-refractivity contribution >= 4 is 23.3 Å². The highest BCUT2D eigenvalue weighted by atomic mass is 35.5. The van der Waals surface area contributed by atoms with Gasteiger partial charge in [0.05, 0.1) is 5.69 Å². The SMILES string of the molecule is Cc1ncoc1C(=O)Nc1cccc(Cl)n1. The summed E-state index contributed by atoms with van der Waals surface area (Å²) in [7, 11) is 0. The number of oxazole rings is 1. The van der Waals surface area contributed by atoms with E-state index in [-0.39, 0.29) is 5.76 Å². The van der Waals surface area contributed by atoms with Crippen LogP contribution in [0.5, 0.6) is 0 Å². The summed E-state index contributed by atoms with van der Waals surface area (Å²) in [6.07, 6.45) is 1.22. The van der Waals surface area contributed by atoms with E-state index in [2.05, 4.69) is 15.3 Å².